The smallest absolute Gasteiger partial charge is 0.410 e. The van der Waals surface area contributed by atoms with Crippen molar-refractivity contribution in [2.45, 2.75) is 58.2 Å². The zero-order chi connectivity index (χ0) is 25.9. The van der Waals surface area contributed by atoms with E-state index in [2.05, 4.69) is 20.8 Å². The van der Waals surface area contributed by atoms with Crippen LogP contribution < -0.4 is 21.1 Å². The Morgan fingerprint density at radius 2 is 1.89 bits per heavy atom. The van der Waals surface area contributed by atoms with Crippen molar-refractivity contribution in [3.05, 3.63) is 36.0 Å². The SMILES string of the molecule is CC(C)(C)OC(=O)N1CCCC(Oc2cccc(Nc3cc(NC(=O)C4CC4)nnc3C(N)=O)c2)C1. The summed E-state index contributed by atoms with van der Waals surface area (Å²) >= 11 is 0. The van der Waals surface area contributed by atoms with E-state index in [4.69, 9.17) is 15.2 Å². The molecular weight excluding hydrogens is 464 g/mol. The fourth-order valence-corrected chi connectivity index (χ4v) is 3.83. The topological polar surface area (TPSA) is 149 Å². The first-order valence-electron chi connectivity index (χ1n) is 12.1. The number of benzene rings is 1. The molecule has 1 unspecified atom stereocenters. The fourth-order valence-electron chi connectivity index (χ4n) is 3.83. The van der Waals surface area contributed by atoms with Crippen LogP contribution in [0.4, 0.5) is 22.0 Å². The molecule has 0 bridgehead atoms. The lowest BCUT2D eigenvalue weighted by Crippen LogP contribution is -2.46. The number of likely N-dealkylation sites (tertiary alicyclic amines) is 1. The van der Waals surface area contributed by atoms with Gasteiger partial charge in [0, 0.05) is 30.3 Å². The number of piperidine rings is 1. The average molecular weight is 497 g/mol. The third-order valence-corrected chi connectivity index (χ3v) is 5.67. The monoisotopic (exact) mass is 496 g/mol. The molecular formula is C25H32N6O5. The van der Waals surface area contributed by atoms with Gasteiger partial charge in [0.15, 0.2) is 11.5 Å². The maximum Gasteiger partial charge on any atom is 0.410 e. The van der Waals surface area contributed by atoms with Gasteiger partial charge < -0.3 is 30.7 Å². The van der Waals surface area contributed by atoms with Gasteiger partial charge >= 0.3 is 6.09 Å². The Balaban J connectivity index is 1.44. The van der Waals surface area contributed by atoms with Gasteiger partial charge in [0.05, 0.1) is 12.2 Å². The summed E-state index contributed by atoms with van der Waals surface area (Å²) in [6, 6.07) is 8.73. The van der Waals surface area contributed by atoms with Crippen LogP contribution in [0.5, 0.6) is 5.75 Å². The number of nitrogens with one attached hydrogen (secondary N) is 2. The van der Waals surface area contributed by atoms with Crippen LogP contribution in [-0.4, -0.2) is 57.8 Å². The Kier molecular flexibility index (Phi) is 7.27. The number of carbonyl (C=O) groups is 3. The van der Waals surface area contributed by atoms with Crippen molar-refractivity contribution in [2.24, 2.45) is 11.7 Å². The minimum atomic E-state index is -0.748. The van der Waals surface area contributed by atoms with Gasteiger partial charge in [-0.2, -0.15) is 0 Å². The lowest BCUT2D eigenvalue weighted by molar-refractivity contribution is -0.117. The molecule has 2 fully saturated rings. The summed E-state index contributed by atoms with van der Waals surface area (Å²) in [4.78, 5) is 38.1. The molecule has 0 spiro atoms. The van der Waals surface area contributed by atoms with E-state index in [1.807, 2.05) is 26.8 Å². The van der Waals surface area contributed by atoms with Crippen LogP contribution in [0, 0.1) is 5.92 Å². The summed E-state index contributed by atoms with van der Waals surface area (Å²) in [7, 11) is 0. The van der Waals surface area contributed by atoms with E-state index in [1.54, 1.807) is 23.1 Å². The molecule has 1 aliphatic heterocycles. The number of hydrogen-bond donors (Lipinski definition) is 3. The second kappa shape index (κ2) is 10.4. The molecule has 3 amide bonds. The second-order valence-corrected chi connectivity index (χ2v) is 10.1. The maximum atomic E-state index is 12.5. The van der Waals surface area contributed by atoms with Gasteiger partial charge in [-0.15, -0.1) is 10.2 Å². The van der Waals surface area contributed by atoms with E-state index < -0.39 is 11.5 Å². The summed E-state index contributed by atoms with van der Waals surface area (Å²) < 4.78 is 11.7. The summed E-state index contributed by atoms with van der Waals surface area (Å²) in [5, 5.41) is 13.6. The molecule has 1 aliphatic carbocycles. The molecule has 2 aromatic rings. The van der Waals surface area contributed by atoms with E-state index in [0.29, 0.717) is 30.2 Å². The largest absolute Gasteiger partial charge is 0.489 e. The van der Waals surface area contributed by atoms with Crippen molar-refractivity contribution in [3.63, 3.8) is 0 Å². The van der Waals surface area contributed by atoms with Crippen LogP contribution in [0.15, 0.2) is 30.3 Å². The highest BCUT2D eigenvalue weighted by atomic mass is 16.6. The molecule has 4 rings (SSSR count). The van der Waals surface area contributed by atoms with E-state index in [0.717, 1.165) is 25.7 Å². The first-order chi connectivity index (χ1) is 17.1. The van der Waals surface area contributed by atoms with Crippen LogP contribution >= 0.6 is 0 Å². The first kappa shape index (κ1) is 25.2. The Bertz CT molecular complexity index is 1140. The lowest BCUT2D eigenvalue weighted by Gasteiger charge is -2.34. The standard InChI is InChI=1S/C25H32N6O5/c1-25(2,3)36-24(34)31-11-5-8-18(14-31)35-17-7-4-6-16(12-17)27-19-13-20(28-23(33)15-9-10-15)29-30-21(19)22(26)32/h4,6-7,12-13,15,18H,5,8-11,14H2,1-3H3,(H2,26,32)(H2,27,28,29,33). The first-order valence-corrected chi connectivity index (χ1v) is 12.1. The van der Waals surface area contributed by atoms with Crippen molar-refractivity contribution >= 4 is 35.1 Å². The predicted molar refractivity (Wildman–Crippen MR) is 133 cm³/mol. The van der Waals surface area contributed by atoms with E-state index in [1.165, 1.54) is 6.07 Å². The zero-order valence-electron chi connectivity index (χ0n) is 20.7. The number of hydrogen-bond acceptors (Lipinski definition) is 8. The number of amides is 3. The summed E-state index contributed by atoms with van der Waals surface area (Å²) in [5.74, 6) is -0.0386. The minimum Gasteiger partial charge on any atom is -0.489 e. The number of ether oxygens (including phenoxy) is 2. The summed E-state index contributed by atoms with van der Waals surface area (Å²) in [6.07, 6.45) is 2.79. The molecule has 0 radical (unpaired) electrons. The van der Waals surface area contributed by atoms with Crippen LogP contribution in [0.2, 0.25) is 0 Å². The molecule has 1 aromatic heterocycles. The molecule has 11 heteroatoms. The van der Waals surface area contributed by atoms with Gasteiger partial charge in [0.25, 0.3) is 5.91 Å². The molecule has 1 saturated carbocycles. The van der Waals surface area contributed by atoms with Gasteiger partial charge in [-0.25, -0.2) is 4.79 Å². The molecule has 2 aliphatic rings. The number of nitrogens with zero attached hydrogens (tertiary/aromatic N) is 3. The number of carbonyl (C=O) groups excluding carboxylic acids is 3. The second-order valence-electron chi connectivity index (χ2n) is 10.1. The van der Waals surface area contributed by atoms with Crippen LogP contribution in [0.3, 0.4) is 0 Å². The van der Waals surface area contributed by atoms with E-state index >= 15 is 0 Å². The normalized spacial score (nSPS) is 17.8. The van der Waals surface area contributed by atoms with Crippen molar-refractivity contribution < 1.29 is 23.9 Å². The Labute approximate surface area is 209 Å². The Morgan fingerprint density at radius 3 is 2.58 bits per heavy atom. The van der Waals surface area contributed by atoms with Crippen LogP contribution in [0.25, 0.3) is 0 Å². The number of primary amides is 1. The molecule has 1 aromatic carbocycles. The van der Waals surface area contributed by atoms with E-state index in [9.17, 15) is 14.4 Å². The minimum absolute atomic E-state index is 0.00103. The van der Waals surface area contributed by atoms with Crippen molar-refractivity contribution in [2.75, 3.05) is 23.7 Å². The number of rotatable bonds is 7. The highest BCUT2D eigenvalue weighted by Gasteiger charge is 2.30. The number of aromatic nitrogens is 2. The Hall–Kier alpha value is -3.89. The van der Waals surface area contributed by atoms with E-state index in [-0.39, 0.29) is 35.5 Å². The predicted octanol–water partition coefficient (Wildman–Crippen LogP) is 3.45. The summed E-state index contributed by atoms with van der Waals surface area (Å²) in [5.41, 5.74) is 5.80. The Morgan fingerprint density at radius 1 is 1.11 bits per heavy atom. The van der Waals surface area contributed by atoms with Gasteiger partial charge in [0.1, 0.15) is 17.5 Å². The number of nitrogens with two attached hydrogens (primary N) is 1. The summed E-state index contributed by atoms with van der Waals surface area (Å²) in [6.45, 7) is 6.57. The van der Waals surface area contributed by atoms with Gasteiger partial charge in [-0.1, -0.05) is 6.07 Å². The highest BCUT2D eigenvalue weighted by molar-refractivity contribution is 5.98. The molecule has 1 saturated heterocycles. The molecule has 4 N–H and O–H groups in total. The van der Waals surface area contributed by atoms with Crippen molar-refractivity contribution in [1.29, 1.82) is 0 Å². The quantitative estimate of drug-likeness (QED) is 0.528. The zero-order valence-corrected chi connectivity index (χ0v) is 20.7. The molecule has 36 heavy (non-hydrogen) atoms. The third-order valence-electron chi connectivity index (χ3n) is 5.67. The lowest BCUT2D eigenvalue weighted by atomic mass is 10.1. The highest BCUT2D eigenvalue weighted by Crippen LogP contribution is 2.31. The van der Waals surface area contributed by atoms with Gasteiger partial charge in [0.2, 0.25) is 5.91 Å². The maximum absolute atomic E-state index is 12.5. The van der Waals surface area contributed by atoms with Crippen molar-refractivity contribution in [1.82, 2.24) is 15.1 Å². The third kappa shape index (κ3) is 6.83. The van der Waals surface area contributed by atoms with Crippen LogP contribution in [-0.2, 0) is 9.53 Å². The average Bonchev–Trinajstić information content (AvgIpc) is 3.64. The molecule has 2 heterocycles. The van der Waals surface area contributed by atoms with Gasteiger partial charge in [-0.3, -0.25) is 9.59 Å². The van der Waals surface area contributed by atoms with Gasteiger partial charge in [-0.05, 0) is 58.6 Å². The fraction of sp³-hybridized carbons (Fsp3) is 0.480. The molecule has 11 nitrogen and oxygen atoms in total. The van der Waals surface area contributed by atoms with Crippen LogP contribution in [0.1, 0.15) is 56.9 Å². The number of anilines is 3. The van der Waals surface area contributed by atoms with Crippen molar-refractivity contribution in [3.8, 4) is 5.75 Å². The molecule has 1 atom stereocenters. The molecule has 192 valence electrons.